The van der Waals surface area contributed by atoms with Gasteiger partial charge < -0.3 is 15.0 Å². The van der Waals surface area contributed by atoms with Crippen LogP contribution in [0.15, 0.2) is 60.8 Å². The number of hydrogen-bond donors (Lipinski definition) is 2. The van der Waals surface area contributed by atoms with Crippen LogP contribution in [0.2, 0.25) is 0 Å². The Kier molecular flexibility index (Phi) is 5.26. The van der Waals surface area contributed by atoms with Gasteiger partial charge in [-0.05, 0) is 43.7 Å². The number of carbonyl (C=O) groups excluding carboxylic acids is 2. The molecule has 4 rings (SSSR count). The Balaban J connectivity index is 1.43. The number of anilines is 1. The van der Waals surface area contributed by atoms with Gasteiger partial charge >= 0.3 is 5.97 Å². The summed E-state index contributed by atoms with van der Waals surface area (Å²) in [5.41, 5.74) is 4.75. The highest BCUT2D eigenvalue weighted by Crippen LogP contribution is 2.22. The Bertz CT molecular complexity index is 1230. The van der Waals surface area contributed by atoms with E-state index >= 15 is 0 Å². The van der Waals surface area contributed by atoms with Crippen LogP contribution in [-0.2, 0) is 9.53 Å². The smallest absolute Gasteiger partial charge is 0.338 e. The molecule has 2 N–H and O–H groups in total. The van der Waals surface area contributed by atoms with Crippen LogP contribution in [0.25, 0.3) is 22.4 Å². The predicted molar refractivity (Wildman–Crippen MR) is 114 cm³/mol. The molecule has 30 heavy (non-hydrogen) atoms. The first kappa shape index (κ1) is 19.3. The number of benzene rings is 2. The van der Waals surface area contributed by atoms with E-state index in [-0.39, 0.29) is 0 Å². The highest BCUT2D eigenvalue weighted by atomic mass is 16.5. The van der Waals surface area contributed by atoms with E-state index in [0.29, 0.717) is 16.9 Å². The Hall–Kier alpha value is -4.00. The maximum Gasteiger partial charge on any atom is 0.338 e. The first-order chi connectivity index (χ1) is 14.5. The summed E-state index contributed by atoms with van der Waals surface area (Å²) in [5, 5.41) is 2.63. The number of H-pyrrole nitrogens is 1. The lowest BCUT2D eigenvalue weighted by Crippen LogP contribution is -2.21. The number of amides is 1. The van der Waals surface area contributed by atoms with Gasteiger partial charge in [0.15, 0.2) is 6.61 Å². The van der Waals surface area contributed by atoms with Gasteiger partial charge in [-0.2, -0.15) is 0 Å². The number of aryl methyl sites for hydroxylation is 2. The Morgan fingerprint density at radius 2 is 1.87 bits per heavy atom. The van der Waals surface area contributed by atoms with Crippen molar-refractivity contribution in [2.24, 2.45) is 0 Å². The lowest BCUT2D eigenvalue weighted by Gasteiger charge is -2.07. The van der Waals surface area contributed by atoms with Crippen LogP contribution in [0.5, 0.6) is 0 Å². The number of nitrogens with one attached hydrogen (secondary N) is 2. The molecule has 150 valence electrons. The molecule has 2 heterocycles. The topological polar surface area (TPSA) is 97.0 Å². The van der Waals surface area contributed by atoms with Crippen molar-refractivity contribution in [1.82, 2.24) is 15.0 Å². The zero-order chi connectivity index (χ0) is 21.1. The van der Waals surface area contributed by atoms with E-state index in [4.69, 9.17) is 4.74 Å². The van der Waals surface area contributed by atoms with E-state index in [1.54, 1.807) is 30.5 Å². The second-order valence-corrected chi connectivity index (χ2v) is 6.98. The van der Waals surface area contributed by atoms with Crippen molar-refractivity contribution >= 4 is 28.7 Å². The van der Waals surface area contributed by atoms with Gasteiger partial charge in [0.1, 0.15) is 11.6 Å². The second kappa shape index (κ2) is 8.16. The van der Waals surface area contributed by atoms with Crippen LogP contribution >= 0.6 is 0 Å². The van der Waals surface area contributed by atoms with E-state index in [2.05, 4.69) is 20.3 Å². The van der Waals surface area contributed by atoms with Gasteiger partial charge in [0, 0.05) is 11.8 Å². The van der Waals surface area contributed by atoms with Crippen molar-refractivity contribution in [3.05, 3.63) is 77.5 Å². The van der Waals surface area contributed by atoms with Crippen LogP contribution in [-0.4, -0.2) is 33.4 Å². The molecule has 0 atom stereocenters. The van der Waals surface area contributed by atoms with Gasteiger partial charge in [-0.3, -0.25) is 4.79 Å². The second-order valence-electron chi connectivity index (χ2n) is 6.98. The fourth-order valence-electron chi connectivity index (χ4n) is 2.98. The van der Waals surface area contributed by atoms with E-state index in [0.717, 1.165) is 22.5 Å². The SMILES string of the molecule is Cc1ccc(-c2nc3ccc(C(=O)OCC(=O)Nc4ncccc4C)cc3[nH]2)cc1. The first-order valence-electron chi connectivity index (χ1n) is 9.45. The summed E-state index contributed by atoms with van der Waals surface area (Å²) in [6.07, 6.45) is 1.58. The lowest BCUT2D eigenvalue weighted by atomic mass is 10.1. The van der Waals surface area contributed by atoms with Crippen LogP contribution < -0.4 is 5.32 Å². The minimum Gasteiger partial charge on any atom is -0.452 e. The molecule has 0 fully saturated rings. The number of ether oxygens (including phenoxy) is 1. The number of fused-ring (bicyclic) bond motifs is 1. The molecule has 1 amide bonds. The van der Waals surface area contributed by atoms with E-state index in [9.17, 15) is 9.59 Å². The average molecular weight is 400 g/mol. The molecule has 0 aliphatic rings. The minimum absolute atomic E-state index is 0.337. The lowest BCUT2D eigenvalue weighted by molar-refractivity contribution is -0.119. The summed E-state index contributed by atoms with van der Waals surface area (Å²) in [4.78, 5) is 36.3. The largest absolute Gasteiger partial charge is 0.452 e. The molecule has 7 nitrogen and oxygen atoms in total. The summed E-state index contributed by atoms with van der Waals surface area (Å²) in [6, 6.07) is 16.7. The summed E-state index contributed by atoms with van der Waals surface area (Å²) >= 11 is 0. The highest BCUT2D eigenvalue weighted by molar-refractivity contribution is 5.97. The number of nitrogens with zero attached hydrogens (tertiary/aromatic N) is 2. The molecule has 0 aliphatic carbocycles. The molecule has 0 spiro atoms. The summed E-state index contributed by atoms with van der Waals surface area (Å²) in [7, 11) is 0. The number of imidazole rings is 1. The zero-order valence-corrected chi connectivity index (χ0v) is 16.6. The van der Waals surface area contributed by atoms with Crippen molar-refractivity contribution in [3.8, 4) is 11.4 Å². The fraction of sp³-hybridized carbons (Fsp3) is 0.130. The van der Waals surface area contributed by atoms with Crippen LogP contribution in [0.4, 0.5) is 5.82 Å². The van der Waals surface area contributed by atoms with Crippen molar-refractivity contribution in [2.75, 3.05) is 11.9 Å². The first-order valence-corrected chi connectivity index (χ1v) is 9.45. The molecular formula is C23H20N4O3. The summed E-state index contributed by atoms with van der Waals surface area (Å²) < 4.78 is 5.14. The molecule has 2 aromatic carbocycles. The number of esters is 1. The maximum absolute atomic E-state index is 12.4. The summed E-state index contributed by atoms with van der Waals surface area (Å²) in [6.45, 7) is 3.46. The third kappa shape index (κ3) is 4.20. The van der Waals surface area contributed by atoms with Gasteiger partial charge in [0.25, 0.3) is 5.91 Å². The van der Waals surface area contributed by atoms with Gasteiger partial charge in [-0.25, -0.2) is 14.8 Å². The molecule has 0 bridgehead atoms. The number of rotatable bonds is 5. The average Bonchev–Trinajstić information content (AvgIpc) is 3.17. The monoisotopic (exact) mass is 400 g/mol. The number of pyridine rings is 1. The quantitative estimate of drug-likeness (QED) is 0.493. The highest BCUT2D eigenvalue weighted by Gasteiger charge is 2.14. The molecule has 4 aromatic rings. The molecule has 0 saturated carbocycles. The van der Waals surface area contributed by atoms with Crippen molar-refractivity contribution in [3.63, 3.8) is 0 Å². The predicted octanol–water partition coefficient (Wildman–Crippen LogP) is 4.04. The Morgan fingerprint density at radius 3 is 2.63 bits per heavy atom. The van der Waals surface area contributed by atoms with Crippen LogP contribution in [0.3, 0.4) is 0 Å². The zero-order valence-electron chi connectivity index (χ0n) is 16.6. The van der Waals surface area contributed by atoms with Gasteiger partial charge in [-0.1, -0.05) is 35.9 Å². The van der Waals surface area contributed by atoms with Crippen molar-refractivity contribution in [2.45, 2.75) is 13.8 Å². The standard InChI is InChI=1S/C23H20N4O3/c1-14-5-7-16(8-6-14)22-25-18-10-9-17(12-19(18)26-22)23(29)30-13-20(28)27-21-15(2)4-3-11-24-21/h3-12H,13H2,1-2H3,(H,25,26)(H,24,27,28). The van der Waals surface area contributed by atoms with Gasteiger partial charge in [-0.15, -0.1) is 0 Å². The normalized spacial score (nSPS) is 10.7. The van der Waals surface area contributed by atoms with Crippen molar-refractivity contribution < 1.29 is 14.3 Å². The number of aromatic amines is 1. The molecule has 0 radical (unpaired) electrons. The molecule has 0 aliphatic heterocycles. The molecule has 0 unspecified atom stereocenters. The molecule has 7 heteroatoms. The van der Waals surface area contributed by atoms with Gasteiger partial charge in [0.2, 0.25) is 0 Å². The van der Waals surface area contributed by atoms with Crippen LogP contribution in [0.1, 0.15) is 21.5 Å². The number of hydrogen-bond acceptors (Lipinski definition) is 5. The van der Waals surface area contributed by atoms with E-state index in [1.165, 1.54) is 5.56 Å². The van der Waals surface area contributed by atoms with E-state index in [1.807, 2.05) is 44.2 Å². The maximum atomic E-state index is 12.4. The van der Waals surface area contributed by atoms with Gasteiger partial charge in [0.05, 0.1) is 16.6 Å². The Morgan fingerprint density at radius 1 is 1.07 bits per heavy atom. The molecular weight excluding hydrogens is 380 g/mol. The number of carbonyl (C=O) groups is 2. The molecule has 2 aromatic heterocycles. The van der Waals surface area contributed by atoms with Crippen LogP contribution in [0, 0.1) is 13.8 Å². The Labute approximate surface area is 173 Å². The molecule has 0 saturated heterocycles. The van der Waals surface area contributed by atoms with E-state index < -0.39 is 18.5 Å². The fourth-order valence-corrected chi connectivity index (χ4v) is 2.98. The summed E-state index contributed by atoms with van der Waals surface area (Å²) in [5.74, 6) is 0.132. The third-order valence-corrected chi connectivity index (χ3v) is 4.64. The third-order valence-electron chi connectivity index (χ3n) is 4.64. The minimum atomic E-state index is -0.587. The van der Waals surface area contributed by atoms with Crippen molar-refractivity contribution in [1.29, 1.82) is 0 Å². The number of aromatic nitrogens is 3.